The number of hydrogen-bond donors (Lipinski definition) is 1. The molecule has 0 aliphatic rings. The first kappa shape index (κ1) is 22.4. The molecule has 32 heavy (non-hydrogen) atoms. The minimum absolute atomic E-state index is 0.267. The molecule has 0 atom stereocenters. The summed E-state index contributed by atoms with van der Waals surface area (Å²) in [4.78, 5) is 12.5. The Bertz CT molecular complexity index is 1130. The largest absolute Gasteiger partial charge is 0.497 e. The minimum atomic E-state index is -0.267. The van der Waals surface area contributed by atoms with Crippen molar-refractivity contribution in [1.82, 2.24) is 0 Å². The molecule has 0 radical (unpaired) electrons. The van der Waals surface area contributed by atoms with Crippen LogP contribution in [-0.2, 0) is 17.8 Å². The van der Waals surface area contributed by atoms with Crippen molar-refractivity contribution >= 4 is 17.7 Å². The van der Waals surface area contributed by atoms with Gasteiger partial charge in [0.2, 0.25) is 5.91 Å². The van der Waals surface area contributed by atoms with Gasteiger partial charge in [-0.05, 0) is 42.0 Å². The van der Waals surface area contributed by atoms with Crippen molar-refractivity contribution in [3.8, 4) is 23.3 Å². The fourth-order valence-corrected chi connectivity index (χ4v) is 3.02. The molecule has 0 aliphatic heterocycles. The summed E-state index contributed by atoms with van der Waals surface area (Å²) in [6.07, 6.45) is 3.51. The Labute approximate surface area is 187 Å². The molecule has 0 fully saturated rings. The van der Waals surface area contributed by atoms with Crippen molar-refractivity contribution in [3.05, 3.63) is 89.5 Å². The molecule has 0 saturated carbocycles. The molecule has 3 rings (SSSR count). The van der Waals surface area contributed by atoms with Crippen molar-refractivity contribution < 1.29 is 19.0 Å². The van der Waals surface area contributed by atoms with E-state index in [4.69, 9.17) is 19.5 Å². The molecule has 6 nitrogen and oxygen atoms in total. The molecular weight excluding hydrogens is 404 g/mol. The molecule has 0 unspecified atom stereocenters. The number of amides is 1. The lowest BCUT2D eigenvalue weighted by molar-refractivity contribution is -0.111. The molecule has 0 heterocycles. The SMILES string of the molecule is COc1ccc(/C=C/C(=O)Nc2ccccc2COc2ccc(CC#N)cc2)c(OC)c1. The van der Waals surface area contributed by atoms with Gasteiger partial charge in [0.25, 0.3) is 0 Å². The van der Waals surface area contributed by atoms with Gasteiger partial charge in [-0.15, -0.1) is 0 Å². The first-order valence-electron chi connectivity index (χ1n) is 10.0. The maximum Gasteiger partial charge on any atom is 0.248 e. The second-order valence-electron chi connectivity index (χ2n) is 6.86. The maximum atomic E-state index is 12.5. The molecule has 3 aromatic carbocycles. The van der Waals surface area contributed by atoms with Crippen molar-refractivity contribution in [2.45, 2.75) is 13.0 Å². The van der Waals surface area contributed by atoms with Gasteiger partial charge in [-0.3, -0.25) is 4.79 Å². The topological polar surface area (TPSA) is 80.6 Å². The quantitative estimate of drug-likeness (QED) is 0.485. The monoisotopic (exact) mass is 428 g/mol. The van der Waals surface area contributed by atoms with Gasteiger partial charge in [0, 0.05) is 29.0 Å². The highest BCUT2D eigenvalue weighted by atomic mass is 16.5. The predicted molar refractivity (Wildman–Crippen MR) is 124 cm³/mol. The van der Waals surface area contributed by atoms with Crippen molar-refractivity contribution in [3.63, 3.8) is 0 Å². The van der Waals surface area contributed by atoms with Gasteiger partial charge in [0.15, 0.2) is 0 Å². The third-order valence-electron chi connectivity index (χ3n) is 4.73. The van der Waals surface area contributed by atoms with Gasteiger partial charge in [-0.2, -0.15) is 5.26 Å². The lowest BCUT2D eigenvalue weighted by Gasteiger charge is -2.12. The van der Waals surface area contributed by atoms with Crippen LogP contribution in [0.1, 0.15) is 16.7 Å². The van der Waals surface area contributed by atoms with Crippen LogP contribution in [0.3, 0.4) is 0 Å². The van der Waals surface area contributed by atoms with E-state index in [9.17, 15) is 4.79 Å². The molecule has 1 N–H and O–H groups in total. The van der Waals surface area contributed by atoms with E-state index in [1.54, 1.807) is 32.4 Å². The molecule has 1 amide bonds. The highest BCUT2D eigenvalue weighted by Crippen LogP contribution is 2.26. The number of rotatable bonds is 9. The lowest BCUT2D eigenvalue weighted by atomic mass is 10.1. The number of anilines is 1. The number of nitrogens with one attached hydrogen (secondary N) is 1. The summed E-state index contributed by atoms with van der Waals surface area (Å²) in [5.74, 6) is 1.72. The molecule has 162 valence electrons. The van der Waals surface area contributed by atoms with E-state index in [2.05, 4.69) is 11.4 Å². The molecule has 0 spiro atoms. The smallest absolute Gasteiger partial charge is 0.248 e. The number of nitriles is 1. The highest BCUT2D eigenvalue weighted by molar-refractivity contribution is 6.02. The van der Waals surface area contributed by atoms with E-state index < -0.39 is 0 Å². The van der Waals surface area contributed by atoms with Crippen LogP contribution in [0.4, 0.5) is 5.69 Å². The molecule has 3 aromatic rings. The second kappa shape index (κ2) is 11.2. The minimum Gasteiger partial charge on any atom is -0.497 e. The fraction of sp³-hybridized carbons (Fsp3) is 0.154. The Hall–Kier alpha value is -4.24. The number of carbonyl (C=O) groups excluding carboxylic acids is 1. The van der Waals surface area contributed by atoms with E-state index in [1.165, 1.54) is 6.08 Å². The molecule has 6 heteroatoms. The summed E-state index contributed by atoms with van der Waals surface area (Å²) in [5, 5.41) is 11.7. The van der Waals surface area contributed by atoms with Crippen LogP contribution in [0, 0.1) is 11.3 Å². The van der Waals surface area contributed by atoms with Crippen LogP contribution in [0.2, 0.25) is 0 Å². The van der Waals surface area contributed by atoms with Crippen molar-refractivity contribution in [2.24, 2.45) is 0 Å². The average molecular weight is 428 g/mol. The molecule has 0 saturated heterocycles. The van der Waals surface area contributed by atoms with Crippen molar-refractivity contribution in [1.29, 1.82) is 5.26 Å². The third kappa shape index (κ3) is 6.13. The number of para-hydroxylation sites is 1. The normalized spacial score (nSPS) is 10.4. The summed E-state index contributed by atoms with van der Waals surface area (Å²) < 4.78 is 16.4. The van der Waals surface area contributed by atoms with Gasteiger partial charge in [-0.25, -0.2) is 0 Å². The van der Waals surface area contributed by atoms with Gasteiger partial charge in [0.1, 0.15) is 23.9 Å². The van der Waals surface area contributed by atoms with E-state index in [1.807, 2.05) is 54.6 Å². The summed E-state index contributed by atoms with van der Waals surface area (Å²) in [6, 6.07) is 22.4. The van der Waals surface area contributed by atoms with E-state index >= 15 is 0 Å². The van der Waals surface area contributed by atoms with Crippen LogP contribution in [0.15, 0.2) is 72.8 Å². The Morgan fingerprint density at radius 1 is 1.00 bits per heavy atom. The summed E-state index contributed by atoms with van der Waals surface area (Å²) >= 11 is 0. The van der Waals surface area contributed by atoms with Crippen LogP contribution in [0.25, 0.3) is 6.08 Å². The summed E-state index contributed by atoms with van der Waals surface area (Å²) in [7, 11) is 3.15. The summed E-state index contributed by atoms with van der Waals surface area (Å²) in [6.45, 7) is 0.296. The zero-order valence-electron chi connectivity index (χ0n) is 18.0. The highest BCUT2D eigenvalue weighted by Gasteiger charge is 2.07. The molecule has 0 aromatic heterocycles. The zero-order chi connectivity index (χ0) is 22.8. The Morgan fingerprint density at radius 2 is 1.75 bits per heavy atom. The van der Waals surface area contributed by atoms with Crippen LogP contribution in [-0.4, -0.2) is 20.1 Å². The third-order valence-corrected chi connectivity index (χ3v) is 4.73. The number of methoxy groups -OCH3 is 2. The Kier molecular flexibility index (Phi) is 7.88. The Morgan fingerprint density at radius 3 is 2.47 bits per heavy atom. The van der Waals surface area contributed by atoms with Gasteiger partial charge >= 0.3 is 0 Å². The van der Waals surface area contributed by atoms with Gasteiger partial charge in [0.05, 0.1) is 26.7 Å². The lowest BCUT2D eigenvalue weighted by Crippen LogP contribution is -2.10. The number of nitrogens with zero attached hydrogens (tertiary/aromatic N) is 1. The van der Waals surface area contributed by atoms with E-state index in [0.717, 1.165) is 16.7 Å². The van der Waals surface area contributed by atoms with Crippen LogP contribution < -0.4 is 19.5 Å². The predicted octanol–water partition coefficient (Wildman–Crippen LogP) is 5.00. The molecular formula is C26H24N2O4. The first-order chi connectivity index (χ1) is 15.6. The first-order valence-corrected chi connectivity index (χ1v) is 10.0. The van der Waals surface area contributed by atoms with Crippen LogP contribution in [0.5, 0.6) is 17.2 Å². The number of hydrogen-bond acceptors (Lipinski definition) is 5. The second-order valence-corrected chi connectivity index (χ2v) is 6.86. The number of benzene rings is 3. The number of ether oxygens (including phenoxy) is 3. The van der Waals surface area contributed by atoms with E-state index in [0.29, 0.717) is 36.0 Å². The maximum absolute atomic E-state index is 12.5. The standard InChI is InChI=1S/C26H24N2O4/c1-30-23-13-9-20(25(17-23)31-2)10-14-26(29)28-24-6-4-3-5-21(24)18-32-22-11-7-19(8-12-22)15-16-27/h3-14,17H,15,18H2,1-2H3,(H,28,29)/b14-10+. The molecule has 0 bridgehead atoms. The average Bonchev–Trinajstić information content (AvgIpc) is 2.83. The van der Waals surface area contributed by atoms with Gasteiger partial charge in [-0.1, -0.05) is 30.3 Å². The van der Waals surface area contributed by atoms with Crippen molar-refractivity contribution in [2.75, 3.05) is 19.5 Å². The van der Waals surface area contributed by atoms with Gasteiger partial charge < -0.3 is 19.5 Å². The summed E-state index contributed by atoms with van der Waals surface area (Å²) in [5.41, 5.74) is 3.22. The fourth-order valence-electron chi connectivity index (χ4n) is 3.02. The Balaban J connectivity index is 1.65. The van der Waals surface area contributed by atoms with Crippen LogP contribution >= 0.6 is 0 Å². The van der Waals surface area contributed by atoms with E-state index in [-0.39, 0.29) is 5.91 Å². The zero-order valence-corrected chi connectivity index (χ0v) is 18.0. The molecule has 0 aliphatic carbocycles. The number of carbonyl (C=O) groups is 1.